The van der Waals surface area contributed by atoms with Crippen molar-refractivity contribution in [3.8, 4) is 5.75 Å². The van der Waals surface area contributed by atoms with Gasteiger partial charge < -0.3 is 15.4 Å². The van der Waals surface area contributed by atoms with Crippen LogP contribution in [0.2, 0.25) is 0 Å². The zero-order valence-electron chi connectivity index (χ0n) is 9.83. The maximum atomic E-state index is 13.2. The van der Waals surface area contributed by atoms with Gasteiger partial charge in [-0.1, -0.05) is 0 Å². The maximum absolute atomic E-state index is 13.2. The molecular formula is C12H18ClFN2O. The Bertz CT molecular complexity index is 356. The van der Waals surface area contributed by atoms with Gasteiger partial charge in [-0.3, -0.25) is 0 Å². The van der Waals surface area contributed by atoms with Crippen LogP contribution in [0.1, 0.15) is 12.8 Å². The Hall–Kier alpha value is -1.00. The molecule has 3 nitrogen and oxygen atoms in total. The van der Waals surface area contributed by atoms with E-state index in [1.807, 2.05) is 0 Å². The maximum Gasteiger partial charge on any atom is 0.165 e. The molecule has 0 radical (unpaired) electrons. The van der Waals surface area contributed by atoms with Crippen molar-refractivity contribution in [1.29, 1.82) is 0 Å². The lowest BCUT2D eigenvalue weighted by molar-refractivity contribution is 0.386. The molecule has 1 unspecified atom stereocenters. The molecule has 2 N–H and O–H groups in total. The topological polar surface area (TPSA) is 33.3 Å². The van der Waals surface area contributed by atoms with Gasteiger partial charge in [0.25, 0.3) is 0 Å². The fourth-order valence-electron chi connectivity index (χ4n) is 1.96. The zero-order chi connectivity index (χ0) is 11.4. The minimum atomic E-state index is -0.324. The number of benzene rings is 1. The smallest absolute Gasteiger partial charge is 0.165 e. The SMILES string of the molecule is COc1cc(NC2CCCNC2)ccc1F.Cl. The lowest BCUT2D eigenvalue weighted by Crippen LogP contribution is -2.38. The molecule has 1 fully saturated rings. The normalized spacial score (nSPS) is 19.3. The third-order valence-corrected chi connectivity index (χ3v) is 2.82. The molecule has 1 aromatic rings. The Balaban J connectivity index is 0.00000144. The van der Waals surface area contributed by atoms with Crippen molar-refractivity contribution in [2.75, 3.05) is 25.5 Å². The largest absolute Gasteiger partial charge is 0.494 e. The van der Waals surface area contributed by atoms with E-state index in [1.165, 1.54) is 19.6 Å². The summed E-state index contributed by atoms with van der Waals surface area (Å²) >= 11 is 0. The van der Waals surface area contributed by atoms with Gasteiger partial charge in [0.1, 0.15) is 0 Å². The van der Waals surface area contributed by atoms with Crippen molar-refractivity contribution < 1.29 is 9.13 Å². The van der Waals surface area contributed by atoms with Crippen LogP contribution in [-0.2, 0) is 0 Å². The number of rotatable bonds is 3. The highest BCUT2D eigenvalue weighted by Crippen LogP contribution is 2.22. The summed E-state index contributed by atoms with van der Waals surface area (Å²) in [4.78, 5) is 0. The minimum Gasteiger partial charge on any atom is -0.494 e. The number of piperidine rings is 1. The summed E-state index contributed by atoms with van der Waals surface area (Å²) in [6.45, 7) is 2.05. The number of methoxy groups -OCH3 is 1. The number of nitrogens with one attached hydrogen (secondary N) is 2. The highest BCUT2D eigenvalue weighted by molar-refractivity contribution is 5.85. The number of hydrogen-bond acceptors (Lipinski definition) is 3. The summed E-state index contributed by atoms with van der Waals surface area (Å²) < 4.78 is 18.1. The van der Waals surface area contributed by atoms with Crippen molar-refractivity contribution in [3.63, 3.8) is 0 Å². The molecule has 1 atom stereocenters. The van der Waals surface area contributed by atoms with Crippen LogP contribution in [0, 0.1) is 5.82 Å². The molecule has 1 saturated heterocycles. The first kappa shape index (κ1) is 14.1. The van der Waals surface area contributed by atoms with Gasteiger partial charge in [0.05, 0.1) is 7.11 Å². The average molecular weight is 261 g/mol. The summed E-state index contributed by atoms with van der Waals surface area (Å²) in [7, 11) is 1.48. The predicted octanol–water partition coefficient (Wildman–Crippen LogP) is 2.42. The molecule has 2 rings (SSSR count). The van der Waals surface area contributed by atoms with E-state index in [-0.39, 0.29) is 24.0 Å². The number of halogens is 2. The first-order valence-corrected chi connectivity index (χ1v) is 5.60. The second-order valence-corrected chi connectivity index (χ2v) is 4.04. The van der Waals surface area contributed by atoms with Crippen molar-refractivity contribution in [1.82, 2.24) is 5.32 Å². The van der Waals surface area contributed by atoms with E-state index >= 15 is 0 Å². The molecule has 0 aromatic heterocycles. The second-order valence-electron chi connectivity index (χ2n) is 4.04. The molecule has 1 aliphatic heterocycles. The first-order valence-electron chi connectivity index (χ1n) is 5.60. The van der Waals surface area contributed by atoms with Crippen LogP contribution < -0.4 is 15.4 Å². The monoisotopic (exact) mass is 260 g/mol. The summed E-state index contributed by atoms with van der Waals surface area (Å²) in [6.07, 6.45) is 2.32. The third-order valence-electron chi connectivity index (χ3n) is 2.82. The van der Waals surface area contributed by atoms with Gasteiger partial charge >= 0.3 is 0 Å². The molecule has 0 spiro atoms. The van der Waals surface area contributed by atoms with Gasteiger partial charge in [-0.15, -0.1) is 12.4 Å². The number of hydrogen-bond donors (Lipinski definition) is 2. The Morgan fingerprint density at radius 3 is 2.94 bits per heavy atom. The zero-order valence-corrected chi connectivity index (χ0v) is 10.6. The van der Waals surface area contributed by atoms with Crippen LogP contribution in [-0.4, -0.2) is 26.2 Å². The van der Waals surface area contributed by atoms with E-state index in [0.717, 1.165) is 25.2 Å². The van der Waals surface area contributed by atoms with Crippen LogP contribution in [0.5, 0.6) is 5.75 Å². The van der Waals surface area contributed by atoms with E-state index in [2.05, 4.69) is 10.6 Å². The molecule has 1 heterocycles. The summed E-state index contributed by atoms with van der Waals surface area (Å²) in [5.41, 5.74) is 0.909. The van der Waals surface area contributed by atoms with Gasteiger partial charge in [-0.25, -0.2) is 4.39 Å². The lowest BCUT2D eigenvalue weighted by Gasteiger charge is -2.25. The Kier molecular flexibility index (Phi) is 5.51. The fraction of sp³-hybridized carbons (Fsp3) is 0.500. The molecule has 5 heteroatoms. The van der Waals surface area contributed by atoms with E-state index in [4.69, 9.17) is 4.74 Å². The molecule has 17 heavy (non-hydrogen) atoms. The van der Waals surface area contributed by atoms with Gasteiger partial charge in [-0.05, 0) is 31.5 Å². The summed E-state index contributed by atoms with van der Waals surface area (Å²) in [6, 6.07) is 5.29. The van der Waals surface area contributed by atoms with E-state index in [9.17, 15) is 4.39 Å². The van der Waals surface area contributed by atoms with Crippen LogP contribution in [0.4, 0.5) is 10.1 Å². The van der Waals surface area contributed by atoms with Crippen LogP contribution >= 0.6 is 12.4 Å². The standard InChI is InChI=1S/C12H17FN2O.ClH/c1-16-12-7-9(4-5-11(12)13)15-10-3-2-6-14-8-10;/h4-5,7,10,14-15H,2-3,6,8H2,1H3;1H. The molecule has 96 valence electrons. The van der Waals surface area contributed by atoms with Crippen molar-refractivity contribution >= 4 is 18.1 Å². The van der Waals surface area contributed by atoms with Gasteiger partial charge in [0.15, 0.2) is 11.6 Å². The highest BCUT2D eigenvalue weighted by atomic mass is 35.5. The van der Waals surface area contributed by atoms with Crippen molar-refractivity contribution in [2.45, 2.75) is 18.9 Å². The van der Waals surface area contributed by atoms with Crippen LogP contribution in [0.25, 0.3) is 0 Å². The van der Waals surface area contributed by atoms with Gasteiger partial charge in [0.2, 0.25) is 0 Å². The molecule has 0 aliphatic carbocycles. The van der Waals surface area contributed by atoms with E-state index in [0.29, 0.717) is 6.04 Å². The molecule has 0 amide bonds. The van der Waals surface area contributed by atoms with Crippen LogP contribution in [0.15, 0.2) is 18.2 Å². The molecule has 1 aliphatic rings. The number of ether oxygens (including phenoxy) is 1. The van der Waals surface area contributed by atoms with Crippen molar-refractivity contribution in [3.05, 3.63) is 24.0 Å². The Morgan fingerprint density at radius 2 is 2.29 bits per heavy atom. The second kappa shape index (κ2) is 6.67. The average Bonchev–Trinajstić information content (AvgIpc) is 2.33. The fourth-order valence-corrected chi connectivity index (χ4v) is 1.96. The van der Waals surface area contributed by atoms with E-state index < -0.39 is 0 Å². The third kappa shape index (κ3) is 3.75. The Morgan fingerprint density at radius 1 is 1.47 bits per heavy atom. The quantitative estimate of drug-likeness (QED) is 0.876. The molecular weight excluding hydrogens is 243 g/mol. The first-order chi connectivity index (χ1) is 7.79. The summed E-state index contributed by atoms with van der Waals surface area (Å²) in [5.74, 6) is -0.0383. The van der Waals surface area contributed by atoms with Crippen LogP contribution in [0.3, 0.4) is 0 Å². The summed E-state index contributed by atoms with van der Waals surface area (Å²) in [5, 5.41) is 6.70. The molecule has 1 aromatic carbocycles. The van der Waals surface area contributed by atoms with Gasteiger partial charge in [0, 0.05) is 24.3 Å². The van der Waals surface area contributed by atoms with E-state index in [1.54, 1.807) is 12.1 Å². The number of anilines is 1. The highest BCUT2D eigenvalue weighted by Gasteiger charge is 2.13. The lowest BCUT2D eigenvalue weighted by atomic mass is 10.1. The predicted molar refractivity (Wildman–Crippen MR) is 69.7 cm³/mol. The molecule has 0 bridgehead atoms. The van der Waals surface area contributed by atoms with Gasteiger partial charge in [-0.2, -0.15) is 0 Å². The van der Waals surface area contributed by atoms with Crippen molar-refractivity contribution in [2.24, 2.45) is 0 Å². The Labute approximate surface area is 107 Å². The molecule has 0 saturated carbocycles. The minimum absolute atomic E-state index is 0.